The molecule has 2 rings (SSSR count). The van der Waals surface area contributed by atoms with Crippen LogP contribution in [0.25, 0.3) is 0 Å². The van der Waals surface area contributed by atoms with Crippen LogP contribution in [0.3, 0.4) is 0 Å². The molecular formula is C14H13FO5. The van der Waals surface area contributed by atoms with E-state index in [1.807, 2.05) is 0 Å². The van der Waals surface area contributed by atoms with E-state index in [0.717, 1.165) is 12.3 Å². The van der Waals surface area contributed by atoms with E-state index in [9.17, 15) is 14.3 Å². The fraction of sp³-hybridized carbons (Fsp3) is 0.214. The summed E-state index contributed by atoms with van der Waals surface area (Å²) >= 11 is 0. The van der Waals surface area contributed by atoms with Gasteiger partial charge in [0.1, 0.15) is 17.1 Å². The van der Waals surface area contributed by atoms with E-state index in [0.29, 0.717) is 0 Å². The number of carboxylic acid groups (broad SMARTS) is 1. The Morgan fingerprint density at radius 2 is 2.10 bits per heavy atom. The van der Waals surface area contributed by atoms with E-state index >= 15 is 0 Å². The summed E-state index contributed by atoms with van der Waals surface area (Å²) in [6, 6.07) is 5.24. The first-order chi connectivity index (χ1) is 9.39. The van der Waals surface area contributed by atoms with E-state index in [-0.39, 0.29) is 22.6 Å². The maximum Gasteiger partial charge on any atom is 0.339 e. The molecule has 0 fully saturated rings. The molecule has 0 aliphatic rings. The van der Waals surface area contributed by atoms with E-state index in [1.165, 1.54) is 32.2 Å². The molecule has 0 spiro atoms. The first-order valence-corrected chi connectivity index (χ1v) is 5.76. The summed E-state index contributed by atoms with van der Waals surface area (Å²) in [5.74, 6) is -2.15. The van der Waals surface area contributed by atoms with Crippen LogP contribution in [0.1, 0.15) is 28.6 Å². The molecule has 20 heavy (non-hydrogen) atoms. The molecule has 6 heteroatoms. The number of benzene rings is 1. The molecule has 1 heterocycles. The molecule has 106 valence electrons. The predicted molar refractivity (Wildman–Crippen MR) is 67.3 cm³/mol. The van der Waals surface area contributed by atoms with Crippen LogP contribution in [0.4, 0.5) is 4.39 Å². The van der Waals surface area contributed by atoms with Crippen LogP contribution in [0.5, 0.6) is 5.75 Å². The lowest BCUT2D eigenvalue weighted by atomic mass is 9.89. The summed E-state index contributed by atoms with van der Waals surface area (Å²) in [5.41, 5.74) is -2.39. The molecule has 0 aliphatic carbocycles. The van der Waals surface area contributed by atoms with Crippen molar-refractivity contribution in [2.45, 2.75) is 12.5 Å². The predicted octanol–water partition coefficient (Wildman–Crippen LogP) is 2.38. The van der Waals surface area contributed by atoms with Crippen LogP contribution < -0.4 is 4.74 Å². The van der Waals surface area contributed by atoms with Crippen LogP contribution in [0.15, 0.2) is 34.9 Å². The molecular weight excluding hydrogens is 267 g/mol. The maximum atomic E-state index is 14.0. The number of aliphatic hydroxyl groups is 1. The van der Waals surface area contributed by atoms with Crippen molar-refractivity contribution in [2.75, 3.05) is 7.11 Å². The highest BCUT2D eigenvalue weighted by molar-refractivity contribution is 5.89. The van der Waals surface area contributed by atoms with Crippen LogP contribution in [0.2, 0.25) is 0 Å². The van der Waals surface area contributed by atoms with Gasteiger partial charge in [0.2, 0.25) is 0 Å². The summed E-state index contributed by atoms with van der Waals surface area (Å²) < 4.78 is 24.1. The van der Waals surface area contributed by atoms with Crippen molar-refractivity contribution in [3.05, 3.63) is 53.2 Å². The Kier molecular flexibility index (Phi) is 3.50. The smallest absolute Gasteiger partial charge is 0.339 e. The van der Waals surface area contributed by atoms with Crippen molar-refractivity contribution in [2.24, 2.45) is 0 Å². The Hall–Kier alpha value is -2.34. The van der Waals surface area contributed by atoms with Crippen molar-refractivity contribution >= 4 is 5.97 Å². The number of carbonyl (C=O) groups is 1. The van der Waals surface area contributed by atoms with Gasteiger partial charge in [-0.2, -0.15) is 0 Å². The molecule has 1 unspecified atom stereocenters. The van der Waals surface area contributed by atoms with Gasteiger partial charge in [-0.05, 0) is 25.1 Å². The Balaban J connectivity index is 2.66. The molecule has 0 saturated carbocycles. The highest BCUT2D eigenvalue weighted by atomic mass is 19.1. The van der Waals surface area contributed by atoms with Gasteiger partial charge >= 0.3 is 5.97 Å². The van der Waals surface area contributed by atoms with E-state index < -0.39 is 17.4 Å². The number of hydrogen-bond donors (Lipinski definition) is 2. The molecule has 0 saturated heterocycles. The minimum absolute atomic E-state index is 0.0998. The van der Waals surface area contributed by atoms with Gasteiger partial charge < -0.3 is 19.4 Å². The quantitative estimate of drug-likeness (QED) is 0.898. The molecule has 2 N–H and O–H groups in total. The second-order valence-electron chi connectivity index (χ2n) is 4.36. The normalized spacial score (nSPS) is 13.8. The average Bonchev–Trinajstić information content (AvgIpc) is 2.88. The Morgan fingerprint density at radius 3 is 2.70 bits per heavy atom. The molecule has 0 radical (unpaired) electrons. The average molecular weight is 280 g/mol. The van der Waals surface area contributed by atoms with Gasteiger partial charge in [0, 0.05) is 0 Å². The minimum atomic E-state index is -1.98. The topological polar surface area (TPSA) is 79.9 Å². The number of aromatic carboxylic acids is 1. The highest BCUT2D eigenvalue weighted by Gasteiger charge is 2.38. The number of hydrogen-bond acceptors (Lipinski definition) is 4. The van der Waals surface area contributed by atoms with Gasteiger partial charge in [-0.3, -0.25) is 0 Å². The molecule has 2 aromatic rings. The minimum Gasteiger partial charge on any atom is -0.496 e. The van der Waals surface area contributed by atoms with Crippen molar-refractivity contribution < 1.29 is 28.6 Å². The van der Waals surface area contributed by atoms with Crippen LogP contribution in [0, 0.1) is 5.82 Å². The number of methoxy groups -OCH3 is 1. The third kappa shape index (κ3) is 2.14. The summed E-state index contributed by atoms with van der Waals surface area (Å²) in [5, 5.41) is 19.7. The van der Waals surface area contributed by atoms with E-state index in [4.69, 9.17) is 14.3 Å². The number of ether oxygens (including phenoxy) is 1. The van der Waals surface area contributed by atoms with Crippen molar-refractivity contribution in [1.82, 2.24) is 0 Å². The zero-order valence-corrected chi connectivity index (χ0v) is 10.9. The number of carboxylic acids is 1. The lowest BCUT2D eigenvalue weighted by Crippen LogP contribution is -2.26. The zero-order valence-electron chi connectivity index (χ0n) is 10.9. The SMILES string of the molecule is COc1cccc(F)c1C(C)(O)c1occc1C(=O)O. The molecule has 0 aliphatic heterocycles. The summed E-state index contributed by atoms with van der Waals surface area (Å²) in [4.78, 5) is 11.1. The van der Waals surface area contributed by atoms with E-state index in [1.54, 1.807) is 0 Å². The molecule has 1 aromatic carbocycles. The number of rotatable bonds is 4. The van der Waals surface area contributed by atoms with Gasteiger partial charge in [0.25, 0.3) is 0 Å². The third-order valence-corrected chi connectivity index (χ3v) is 3.02. The molecule has 0 amide bonds. The van der Waals surface area contributed by atoms with Gasteiger partial charge in [0.15, 0.2) is 11.4 Å². The first-order valence-electron chi connectivity index (χ1n) is 5.76. The number of halogens is 1. The lowest BCUT2D eigenvalue weighted by molar-refractivity contribution is 0.0587. The fourth-order valence-corrected chi connectivity index (χ4v) is 2.12. The largest absolute Gasteiger partial charge is 0.496 e. The zero-order chi connectivity index (χ0) is 14.9. The molecule has 5 nitrogen and oxygen atoms in total. The van der Waals surface area contributed by atoms with E-state index in [2.05, 4.69) is 0 Å². The van der Waals surface area contributed by atoms with Crippen molar-refractivity contribution in [3.8, 4) is 5.75 Å². The van der Waals surface area contributed by atoms with Gasteiger partial charge in [0.05, 0.1) is 18.9 Å². The van der Waals surface area contributed by atoms with Gasteiger partial charge in [-0.25, -0.2) is 9.18 Å². The summed E-state index contributed by atoms with van der Waals surface area (Å²) in [6.07, 6.45) is 1.13. The standard InChI is InChI=1S/C14H13FO5/c1-14(18,12-8(13(16)17)6-7-20-12)11-9(15)4-3-5-10(11)19-2/h3-7,18H,1-2H3,(H,16,17). The maximum absolute atomic E-state index is 14.0. The molecule has 1 aromatic heterocycles. The Morgan fingerprint density at radius 1 is 1.40 bits per heavy atom. The first kappa shape index (κ1) is 14.1. The van der Waals surface area contributed by atoms with Crippen molar-refractivity contribution in [1.29, 1.82) is 0 Å². The van der Waals surface area contributed by atoms with Gasteiger partial charge in [-0.1, -0.05) is 6.07 Å². The second kappa shape index (κ2) is 4.97. The fourth-order valence-electron chi connectivity index (χ4n) is 2.12. The van der Waals surface area contributed by atoms with Gasteiger partial charge in [-0.15, -0.1) is 0 Å². The van der Waals surface area contributed by atoms with Crippen LogP contribution >= 0.6 is 0 Å². The molecule has 0 bridgehead atoms. The van der Waals surface area contributed by atoms with Crippen molar-refractivity contribution in [3.63, 3.8) is 0 Å². The number of furan rings is 1. The monoisotopic (exact) mass is 280 g/mol. The highest BCUT2D eigenvalue weighted by Crippen LogP contribution is 2.38. The Labute approximate surface area is 114 Å². The summed E-state index contributed by atoms with van der Waals surface area (Å²) in [6.45, 7) is 1.25. The van der Waals surface area contributed by atoms with Crippen LogP contribution in [-0.2, 0) is 5.60 Å². The second-order valence-corrected chi connectivity index (χ2v) is 4.36. The summed E-state index contributed by atoms with van der Waals surface area (Å²) in [7, 11) is 1.33. The third-order valence-electron chi connectivity index (χ3n) is 3.02. The Bertz CT molecular complexity index is 645. The lowest BCUT2D eigenvalue weighted by Gasteiger charge is -2.24. The molecule has 1 atom stereocenters. The van der Waals surface area contributed by atoms with Crippen LogP contribution in [-0.4, -0.2) is 23.3 Å².